The van der Waals surface area contributed by atoms with Crippen LogP contribution in [0.15, 0.2) is 0 Å². The number of carbonyl (C=O) groups is 3. The Hall–Kier alpha value is -1.83. The highest BCUT2D eigenvalue weighted by Gasteiger charge is 2.23. The number of aliphatic carboxylic acids is 1. The smallest absolute Gasteiger partial charge is 0.326 e. The molecule has 0 aromatic heterocycles. The molecule has 0 aliphatic carbocycles. The van der Waals surface area contributed by atoms with E-state index in [1.165, 1.54) is 0 Å². The average Bonchev–Trinajstić information content (AvgIpc) is 2.24. The first-order chi connectivity index (χ1) is 9.61. The summed E-state index contributed by atoms with van der Waals surface area (Å²) in [5.41, 5.74) is 4.96. The molecular formula is C13H26N4O4. The fourth-order valence-electron chi connectivity index (χ4n) is 1.98. The molecule has 0 fully saturated rings. The number of nitrogens with one attached hydrogen (secondary N) is 2. The third-order valence-electron chi connectivity index (χ3n) is 2.69. The van der Waals surface area contributed by atoms with E-state index in [1.54, 1.807) is 0 Å². The standard InChI is InChI=1S/C13H26N4O4/c1-8(2)5-9(7-17(3)4)15-13(21)16-10(12(19)20)6-11(14)18/h8-10H,5-7H2,1-4H3,(H2,14,18)(H,19,20)(H2,15,16,21)/t9?,10-/m1/s1. The maximum Gasteiger partial charge on any atom is 0.326 e. The number of carboxylic acid groups (broad SMARTS) is 1. The number of primary amides is 1. The van der Waals surface area contributed by atoms with Crippen molar-refractivity contribution in [2.75, 3.05) is 20.6 Å². The Labute approximate surface area is 125 Å². The van der Waals surface area contributed by atoms with Crippen LogP contribution < -0.4 is 16.4 Å². The molecule has 8 nitrogen and oxygen atoms in total. The van der Waals surface area contributed by atoms with Gasteiger partial charge in [-0.25, -0.2) is 9.59 Å². The zero-order valence-electron chi connectivity index (χ0n) is 13.0. The molecule has 0 heterocycles. The lowest BCUT2D eigenvalue weighted by atomic mass is 10.0. The van der Waals surface area contributed by atoms with Gasteiger partial charge in [-0.15, -0.1) is 0 Å². The Morgan fingerprint density at radius 1 is 1.19 bits per heavy atom. The summed E-state index contributed by atoms with van der Waals surface area (Å²) >= 11 is 0. The SMILES string of the molecule is CC(C)CC(CN(C)C)NC(=O)N[C@H](CC(N)=O)C(=O)O. The van der Waals surface area contributed by atoms with Gasteiger partial charge >= 0.3 is 12.0 Å². The molecule has 2 atom stereocenters. The number of carboxylic acids is 1. The summed E-state index contributed by atoms with van der Waals surface area (Å²) in [6.45, 7) is 4.71. The van der Waals surface area contributed by atoms with Crippen molar-refractivity contribution in [1.29, 1.82) is 0 Å². The second-order valence-electron chi connectivity index (χ2n) is 5.77. The fourth-order valence-corrected chi connectivity index (χ4v) is 1.98. The third kappa shape index (κ3) is 9.67. The molecule has 0 aromatic rings. The predicted molar refractivity (Wildman–Crippen MR) is 78.7 cm³/mol. The van der Waals surface area contributed by atoms with Crippen molar-refractivity contribution in [2.45, 2.75) is 38.8 Å². The van der Waals surface area contributed by atoms with Crippen molar-refractivity contribution in [2.24, 2.45) is 11.7 Å². The highest BCUT2D eigenvalue weighted by molar-refractivity contribution is 5.87. The van der Waals surface area contributed by atoms with E-state index in [0.29, 0.717) is 12.5 Å². The lowest BCUT2D eigenvalue weighted by molar-refractivity contribution is -0.140. The second-order valence-corrected chi connectivity index (χ2v) is 5.77. The van der Waals surface area contributed by atoms with Crippen LogP contribution in [0.5, 0.6) is 0 Å². The quantitative estimate of drug-likeness (QED) is 0.461. The van der Waals surface area contributed by atoms with Crippen LogP contribution in [0.2, 0.25) is 0 Å². The zero-order chi connectivity index (χ0) is 16.6. The van der Waals surface area contributed by atoms with Gasteiger partial charge in [-0.05, 0) is 26.4 Å². The Morgan fingerprint density at radius 3 is 2.14 bits per heavy atom. The molecule has 3 amide bonds. The zero-order valence-corrected chi connectivity index (χ0v) is 13.0. The summed E-state index contributed by atoms with van der Waals surface area (Å²) in [5.74, 6) is -1.69. The maximum absolute atomic E-state index is 11.9. The van der Waals surface area contributed by atoms with Crippen molar-refractivity contribution in [3.63, 3.8) is 0 Å². The van der Waals surface area contributed by atoms with Gasteiger partial charge in [0.05, 0.1) is 6.42 Å². The molecule has 0 bridgehead atoms. The predicted octanol–water partition coefficient (Wildman–Crippen LogP) is -0.409. The van der Waals surface area contributed by atoms with Crippen LogP contribution in [0, 0.1) is 5.92 Å². The molecule has 5 N–H and O–H groups in total. The van der Waals surface area contributed by atoms with Crippen molar-refractivity contribution in [3.05, 3.63) is 0 Å². The van der Waals surface area contributed by atoms with Gasteiger partial charge in [-0.3, -0.25) is 4.79 Å². The molecule has 8 heteroatoms. The van der Waals surface area contributed by atoms with E-state index in [4.69, 9.17) is 10.8 Å². The van der Waals surface area contributed by atoms with Gasteiger partial charge in [0.1, 0.15) is 6.04 Å². The van der Waals surface area contributed by atoms with E-state index in [1.807, 2.05) is 32.8 Å². The number of amides is 3. The first kappa shape index (κ1) is 19.2. The Bertz CT molecular complexity index is 361. The molecule has 0 saturated carbocycles. The van der Waals surface area contributed by atoms with Gasteiger partial charge in [0.2, 0.25) is 5.91 Å². The minimum atomic E-state index is -1.32. The minimum Gasteiger partial charge on any atom is -0.480 e. The number of hydrogen-bond donors (Lipinski definition) is 4. The van der Waals surface area contributed by atoms with Crippen LogP contribution in [0.25, 0.3) is 0 Å². The number of hydrogen-bond acceptors (Lipinski definition) is 4. The number of carbonyl (C=O) groups excluding carboxylic acids is 2. The van der Waals surface area contributed by atoms with Gasteiger partial charge in [-0.1, -0.05) is 13.8 Å². The van der Waals surface area contributed by atoms with Crippen molar-refractivity contribution >= 4 is 17.9 Å². The number of nitrogens with two attached hydrogens (primary N) is 1. The molecule has 0 spiro atoms. The van der Waals surface area contributed by atoms with Crippen LogP contribution in [-0.4, -0.2) is 60.6 Å². The Balaban J connectivity index is 4.58. The molecule has 0 radical (unpaired) electrons. The molecule has 0 aliphatic heterocycles. The highest BCUT2D eigenvalue weighted by Crippen LogP contribution is 2.05. The van der Waals surface area contributed by atoms with Gasteiger partial charge in [-0.2, -0.15) is 0 Å². The number of nitrogens with zero attached hydrogens (tertiary/aromatic N) is 1. The monoisotopic (exact) mass is 302 g/mol. The van der Waals surface area contributed by atoms with E-state index in [9.17, 15) is 14.4 Å². The lowest BCUT2D eigenvalue weighted by Gasteiger charge is -2.25. The van der Waals surface area contributed by atoms with E-state index in [-0.39, 0.29) is 6.04 Å². The summed E-state index contributed by atoms with van der Waals surface area (Å²) < 4.78 is 0. The second kappa shape index (κ2) is 9.17. The number of urea groups is 1. The molecule has 0 aromatic carbocycles. The average molecular weight is 302 g/mol. The largest absolute Gasteiger partial charge is 0.480 e. The van der Waals surface area contributed by atoms with E-state index >= 15 is 0 Å². The molecular weight excluding hydrogens is 276 g/mol. The van der Waals surface area contributed by atoms with E-state index < -0.39 is 30.4 Å². The fraction of sp³-hybridized carbons (Fsp3) is 0.769. The molecule has 1 unspecified atom stereocenters. The van der Waals surface area contributed by atoms with Crippen LogP contribution in [-0.2, 0) is 9.59 Å². The summed E-state index contributed by atoms with van der Waals surface area (Å²) in [5, 5.41) is 13.9. The topological polar surface area (TPSA) is 125 Å². The molecule has 21 heavy (non-hydrogen) atoms. The van der Waals surface area contributed by atoms with Gasteiger partial charge in [0.25, 0.3) is 0 Å². The first-order valence-electron chi connectivity index (χ1n) is 6.84. The van der Waals surface area contributed by atoms with E-state index in [0.717, 1.165) is 6.42 Å². The summed E-state index contributed by atoms with van der Waals surface area (Å²) in [6.07, 6.45) is 0.324. The maximum atomic E-state index is 11.9. The molecule has 0 aliphatic rings. The third-order valence-corrected chi connectivity index (χ3v) is 2.69. The van der Waals surface area contributed by atoms with Crippen molar-refractivity contribution in [1.82, 2.24) is 15.5 Å². The van der Waals surface area contributed by atoms with Crippen molar-refractivity contribution < 1.29 is 19.5 Å². The van der Waals surface area contributed by atoms with Crippen molar-refractivity contribution in [3.8, 4) is 0 Å². The van der Waals surface area contributed by atoms with E-state index in [2.05, 4.69) is 10.6 Å². The first-order valence-corrected chi connectivity index (χ1v) is 6.84. The van der Waals surface area contributed by atoms with Gasteiger partial charge in [0.15, 0.2) is 0 Å². The summed E-state index contributed by atoms with van der Waals surface area (Å²) in [7, 11) is 3.78. The van der Waals surface area contributed by atoms with Crippen LogP contribution in [0.3, 0.4) is 0 Å². The van der Waals surface area contributed by atoms with Crippen LogP contribution in [0.1, 0.15) is 26.7 Å². The summed E-state index contributed by atoms with van der Waals surface area (Å²) in [6, 6.07) is -2.04. The van der Waals surface area contributed by atoms with Gasteiger partial charge in [0, 0.05) is 12.6 Å². The van der Waals surface area contributed by atoms with Gasteiger partial charge < -0.3 is 26.4 Å². The Morgan fingerprint density at radius 2 is 1.76 bits per heavy atom. The number of rotatable bonds is 9. The summed E-state index contributed by atoms with van der Waals surface area (Å²) in [4.78, 5) is 35.5. The lowest BCUT2D eigenvalue weighted by Crippen LogP contribution is -2.52. The minimum absolute atomic E-state index is 0.108. The molecule has 0 rings (SSSR count). The highest BCUT2D eigenvalue weighted by atomic mass is 16.4. The molecule has 0 saturated heterocycles. The van der Waals surface area contributed by atoms with Crippen LogP contribution >= 0.6 is 0 Å². The molecule has 122 valence electrons. The van der Waals surface area contributed by atoms with Crippen LogP contribution in [0.4, 0.5) is 4.79 Å². The normalized spacial score (nSPS) is 13.8. The number of likely N-dealkylation sites (N-methyl/N-ethyl adjacent to an activating group) is 1. The Kier molecular flexibility index (Phi) is 8.37.